The lowest BCUT2D eigenvalue weighted by atomic mass is 10.0. The van der Waals surface area contributed by atoms with Crippen molar-refractivity contribution >= 4 is 29.7 Å². The first kappa shape index (κ1) is 30.0. The Morgan fingerprint density at radius 1 is 0.929 bits per heavy atom. The highest BCUT2D eigenvalue weighted by molar-refractivity contribution is 5.97. The minimum Gasteiger partial charge on any atom is -0.465 e. The van der Waals surface area contributed by atoms with E-state index in [0.717, 1.165) is 5.56 Å². The SMILES string of the molecule is COC(=O)c1ccc(C[C@H](NC(=O)c2cc(NC(C)C)nc(-c3ccccc3)n2)C(=O)N2CCN(C(=O)O)CC2)cc1. The number of aromatic nitrogens is 2. The topological polar surface area (TPSA) is 154 Å². The zero-order chi connectivity index (χ0) is 30.2. The molecule has 2 heterocycles. The summed E-state index contributed by atoms with van der Waals surface area (Å²) in [5.74, 6) is -0.562. The maximum absolute atomic E-state index is 13.7. The van der Waals surface area contributed by atoms with Gasteiger partial charge in [-0.15, -0.1) is 0 Å². The van der Waals surface area contributed by atoms with Crippen LogP contribution in [0.25, 0.3) is 11.4 Å². The van der Waals surface area contributed by atoms with E-state index < -0.39 is 24.0 Å². The summed E-state index contributed by atoms with van der Waals surface area (Å²) in [4.78, 5) is 62.4. The van der Waals surface area contributed by atoms with E-state index in [-0.39, 0.29) is 50.2 Å². The number of piperazine rings is 1. The molecule has 0 aliphatic carbocycles. The molecule has 1 aromatic heterocycles. The van der Waals surface area contributed by atoms with Crippen molar-refractivity contribution in [3.05, 3.63) is 77.5 Å². The van der Waals surface area contributed by atoms with E-state index in [0.29, 0.717) is 22.8 Å². The van der Waals surface area contributed by atoms with Gasteiger partial charge in [-0.1, -0.05) is 42.5 Å². The summed E-state index contributed by atoms with van der Waals surface area (Å²) in [5.41, 5.74) is 1.88. The number of ether oxygens (including phenoxy) is 1. The Bertz CT molecular complexity index is 1420. The van der Waals surface area contributed by atoms with Gasteiger partial charge in [0.15, 0.2) is 5.82 Å². The molecule has 1 saturated heterocycles. The van der Waals surface area contributed by atoms with E-state index in [2.05, 4.69) is 20.6 Å². The number of hydrogen-bond donors (Lipinski definition) is 3. The van der Waals surface area contributed by atoms with Crippen LogP contribution in [-0.4, -0.2) is 94.1 Å². The molecule has 0 bridgehead atoms. The van der Waals surface area contributed by atoms with Gasteiger partial charge in [0.05, 0.1) is 12.7 Å². The quantitative estimate of drug-likeness (QED) is 0.327. The lowest BCUT2D eigenvalue weighted by Crippen LogP contribution is -2.56. The van der Waals surface area contributed by atoms with Crippen molar-refractivity contribution in [2.24, 2.45) is 0 Å². The molecule has 3 amide bonds. The minimum absolute atomic E-state index is 0.0474. The Labute approximate surface area is 243 Å². The van der Waals surface area contributed by atoms with E-state index in [1.54, 1.807) is 35.2 Å². The van der Waals surface area contributed by atoms with Gasteiger partial charge in [0.25, 0.3) is 5.91 Å². The van der Waals surface area contributed by atoms with E-state index in [4.69, 9.17) is 4.74 Å². The fourth-order valence-corrected chi connectivity index (χ4v) is 4.55. The molecule has 1 atom stereocenters. The Morgan fingerprint density at radius 3 is 2.17 bits per heavy atom. The van der Waals surface area contributed by atoms with Crippen molar-refractivity contribution in [1.29, 1.82) is 0 Å². The lowest BCUT2D eigenvalue weighted by Gasteiger charge is -2.35. The fraction of sp³-hybridized carbons (Fsp3) is 0.333. The van der Waals surface area contributed by atoms with Crippen molar-refractivity contribution < 1.29 is 29.0 Å². The smallest absolute Gasteiger partial charge is 0.407 e. The Hall–Kier alpha value is -5.00. The number of nitrogens with zero attached hydrogens (tertiary/aromatic N) is 4. The molecule has 3 N–H and O–H groups in total. The molecule has 42 heavy (non-hydrogen) atoms. The monoisotopic (exact) mass is 574 g/mol. The van der Waals surface area contributed by atoms with Crippen molar-refractivity contribution in [2.45, 2.75) is 32.4 Å². The lowest BCUT2D eigenvalue weighted by molar-refractivity contribution is -0.134. The zero-order valence-electron chi connectivity index (χ0n) is 23.7. The van der Waals surface area contributed by atoms with Crippen molar-refractivity contribution in [1.82, 2.24) is 25.1 Å². The van der Waals surface area contributed by atoms with Crippen LogP contribution in [0, 0.1) is 0 Å². The molecule has 0 radical (unpaired) electrons. The molecule has 12 heteroatoms. The third-order valence-electron chi connectivity index (χ3n) is 6.71. The molecule has 1 aliphatic rings. The van der Waals surface area contributed by atoms with Crippen LogP contribution < -0.4 is 10.6 Å². The van der Waals surface area contributed by atoms with Crippen LogP contribution in [0.2, 0.25) is 0 Å². The number of esters is 1. The average molecular weight is 575 g/mol. The number of carboxylic acid groups (broad SMARTS) is 1. The summed E-state index contributed by atoms with van der Waals surface area (Å²) in [6.45, 7) is 4.65. The van der Waals surface area contributed by atoms with Gasteiger partial charge in [-0.2, -0.15) is 0 Å². The molecule has 220 valence electrons. The summed E-state index contributed by atoms with van der Waals surface area (Å²) >= 11 is 0. The Morgan fingerprint density at radius 2 is 1.57 bits per heavy atom. The van der Waals surface area contributed by atoms with Gasteiger partial charge in [0.2, 0.25) is 5.91 Å². The van der Waals surface area contributed by atoms with Gasteiger partial charge in [-0.05, 0) is 31.5 Å². The van der Waals surface area contributed by atoms with Crippen molar-refractivity contribution in [2.75, 3.05) is 38.6 Å². The molecule has 2 aromatic carbocycles. The number of carbonyl (C=O) groups excluding carboxylic acids is 3. The fourth-order valence-electron chi connectivity index (χ4n) is 4.55. The summed E-state index contributed by atoms with van der Waals surface area (Å²) in [6.07, 6.45) is -0.903. The second kappa shape index (κ2) is 13.6. The predicted molar refractivity (Wildman–Crippen MR) is 155 cm³/mol. The average Bonchev–Trinajstić information content (AvgIpc) is 3.00. The second-order valence-electron chi connectivity index (χ2n) is 10.1. The standard InChI is InChI=1S/C30H34N6O6/c1-19(2)31-25-18-23(32-26(34-25)21-7-5-4-6-8-21)27(37)33-24(17-20-9-11-22(12-10-20)29(39)42-3)28(38)35-13-15-36(16-14-35)30(40)41/h4-12,18-19,24H,13-17H2,1-3H3,(H,33,37)(H,40,41)(H,31,32,34)/t24-/m0/s1. The highest BCUT2D eigenvalue weighted by Crippen LogP contribution is 2.19. The first-order valence-electron chi connectivity index (χ1n) is 13.6. The minimum atomic E-state index is -1.04. The van der Waals surface area contributed by atoms with E-state index in [1.807, 2.05) is 44.2 Å². The third-order valence-corrected chi connectivity index (χ3v) is 6.71. The summed E-state index contributed by atoms with van der Waals surface area (Å²) in [6, 6.07) is 16.5. The first-order valence-corrected chi connectivity index (χ1v) is 13.6. The number of amides is 3. The number of hydrogen-bond acceptors (Lipinski definition) is 8. The Kier molecular flexibility index (Phi) is 9.69. The molecule has 3 aromatic rings. The molecule has 0 saturated carbocycles. The van der Waals surface area contributed by atoms with Crippen LogP contribution in [0.5, 0.6) is 0 Å². The van der Waals surface area contributed by atoms with Gasteiger partial charge < -0.3 is 30.3 Å². The molecule has 4 rings (SSSR count). The molecule has 0 unspecified atom stereocenters. The molecule has 12 nitrogen and oxygen atoms in total. The first-order chi connectivity index (χ1) is 20.1. The van der Waals surface area contributed by atoms with Gasteiger partial charge in [0.1, 0.15) is 17.6 Å². The number of methoxy groups -OCH3 is 1. The molecule has 1 fully saturated rings. The summed E-state index contributed by atoms with van der Waals surface area (Å²) < 4.78 is 4.76. The Balaban J connectivity index is 1.61. The van der Waals surface area contributed by atoms with Gasteiger partial charge >= 0.3 is 12.1 Å². The van der Waals surface area contributed by atoms with Crippen LogP contribution in [-0.2, 0) is 16.0 Å². The van der Waals surface area contributed by atoms with E-state index >= 15 is 0 Å². The highest BCUT2D eigenvalue weighted by atomic mass is 16.5. The molecule has 0 spiro atoms. The number of benzene rings is 2. The molecular formula is C30H34N6O6. The van der Waals surface area contributed by atoms with Crippen LogP contribution in [0.1, 0.15) is 40.3 Å². The number of rotatable bonds is 9. The largest absolute Gasteiger partial charge is 0.465 e. The number of anilines is 1. The third kappa shape index (κ3) is 7.59. The van der Waals surface area contributed by atoms with Crippen LogP contribution in [0.15, 0.2) is 60.7 Å². The van der Waals surface area contributed by atoms with Crippen LogP contribution in [0.4, 0.5) is 10.6 Å². The highest BCUT2D eigenvalue weighted by Gasteiger charge is 2.31. The van der Waals surface area contributed by atoms with Crippen molar-refractivity contribution in [3.63, 3.8) is 0 Å². The predicted octanol–water partition coefficient (Wildman–Crippen LogP) is 2.91. The summed E-state index contributed by atoms with van der Waals surface area (Å²) in [7, 11) is 1.29. The van der Waals surface area contributed by atoms with Crippen LogP contribution in [0.3, 0.4) is 0 Å². The molecule has 1 aliphatic heterocycles. The second-order valence-corrected chi connectivity index (χ2v) is 10.1. The van der Waals surface area contributed by atoms with E-state index in [9.17, 15) is 24.3 Å². The number of nitrogens with one attached hydrogen (secondary N) is 2. The summed E-state index contributed by atoms with van der Waals surface area (Å²) in [5, 5.41) is 15.4. The maximum Gasteiger partial charge on any atom is 0.407 e. The van der Waals surface area contributed by atoms with Gasteiger partial charge in [-0.25, -0.2) is 19.6 Å². The zero-order valence-corrected chi connectivity index (χ0v) is 23.7. The van der Waals surface area contributed by atoms with E-state index in [1.165, 1.54) is 12.0 Å². The van der Waals surface area contributed by atoms with Gasteiger partial charge in [0, 0.05) is 50.3 Å². The van der Waals surface area contributed by atoms with Crippen LogP contribution >= 0.6 is 0 Å². The molecular weight excluding hydrogens is 540 g/mol. The maximum atomic E-state index is 13.7. The number of carbonyl (C=O) groups is 4. The normalized spacial score (nSPS) is 13.8. The van der Waals surface area contributed by atoms with Gasteiger partial charge in [-0.3, -0.25) is 9.59 Å². The van der Waals surface area contributed by atoms with Crippen molar-refractivity contribution in [3.8, 4) is 11.4 Å².